The predicted molar refractivity (Wildman–Crippen MR) is 150 cm³/mol. The molecule has 41 heavy (non-hydrogen) atoms. The number of ether oxygens (including phenoxy) is 2. The maximum atomic E-state index is 14.8. The van der Waals surface area contributed by atoms with E-state index in [4.69, 9.17) is 13.9 Å². The van der Waals surface area contributed by atoms with Gasteiger partial charge in [0.15, 0.2) is 5.89 Å². The fourth-order valence-electron chi connectivity index (χ4n) is 6.36. The molecule has 1 amide bonds. The molecule has 3 aromatic rings. The standard InChI is InChI=1S/C31H38FN5O4/c1-20-35-28-7-11-37(18-29(28)41-20)30(38)14-24-3-4-25(15-27(24)32)40-12-8-23-13-26(23)22-5-9-36(10-6-22)31-33-16-21(17-34-31)19-39-2/h3-4,15-17,22-23,26H,5-14,18-19H2,1-2H3/t23-,26-/m0/s1. The fourth-order valence-corrected chi connectivity index (χ4v) is 6.36. The number of amides is 1. The molecule has 4 heterocycles. The molecule has 6 rings (SSSR count). The van der Waals surface area contributed by atoms with Crippen molar-refractivity contribution in [3.05, 3.63) is 64.9 Å². The number of rotatable bonds is 10. The average molecular weight is 564 g/mol. The fraction of sp³-hybridized carbons (Fsp3) is 0.548. The van der Waals surface area contributed by atoms with E-state index in [-0.39, 0.29) is 12.3 Å². The molecule has 2 aromatic heterocycles. The Balaban J connectivity index is 0.911. The number of anilines is 1. The Morgan fingerprint density at radius 1 is 1.17 bits per heavy atom. The van der Waals surface area contributed by atoms with Crippen molar-refractivity contribution in [3.8, 4) is 5.75 Å². The summed E-state index contributed by atoms with van der Waals surface area (Å²) in [6, 6.07) is 4.84. The molecule has 2 atom stereocenters. The number of aromatic nitrogens is 3. The molecular weight excluding hydrogens is 525 g/mol. The SMILES string of the molecule is COCc1cnc(N2CCC([C@@H]3C[C@@H]3CCOc3ccc(CC(=O)N4CCc5nc(C)oc5C4)c(F)c3)CC2)nc1. The zero-order valence-corrected chi connectivity index (χ0v) is 23.9. The molecular formula is C31H38FN5O4. The van der Waals surface area contributed by atoms with Gasteiger partial charge in [-0.3, -0.25) is 4.79 Å². The number of methoxy groups -OCH3 is 1. The Morgan fingerprint density at radius 2 is 1.98 bits per heavy atom. The van der Waals surface area contributed by atoms with Crippen molar-refractivity contribution in [2.45, 2.75) is 58.6 Å². The number of oxazole rings is 1. The van der Waals surface area contributed by atoms with Gasteiger partial charge in [-0.2, -0.15) is 0 Å². The van der Waals surface area contributed by atoms with Crippen LogP contribution in [0.15, 0.2) is 35.0 Å². The molecule has 2 fully saturated rings. The smallest absolute Gasteiger partial charge is 0.227 e. The Kier molecular flexibility index (Phi) is 8.18. The quantitative estimate of drug-likeness (QED) is 0.356. The van der Waals surface area contributed by atoms with Crippen LogP contribution in [0.2, 0.25) is 0 Å². The monoisotopic (exact) mass is 563 g/mol. The van der Waals surface area contributed by atoms with Gasteiger partial charge in [0.2, 0.25) is 11.9 Å². The maximum Gasteiger partial charge on any atom is 0.227 e. The van der Waals surface area contributed by atoms with Crippen molar-refractivity contribution >= 4 is 11.9 Å². The minimum absolute atomic E-state index is 0.0163. The molecule has 0 unspecified atom stereocenters. The van der Waals surface area contributed by atoms with Gasteiger partial charge in [0.1, 0.15) is 17.3 Å². The molecule has 1 saturated carbocycles. The van der Waals surface area contributed by atoms with Gasteiger partial charge in [-0.1, -0.05) is 6.07 Å². The van der Waals surface area contributed by atoms with Gasteiger partial charge in [0.25, 0.3) is 0 Å². The van der Waals surface area contributed by atoms with Crippen LogP contribution in [0.1, 0.15) is 54.2 Å². The van der Waals surface area contributed by atoms with Crippen LogP contribution in [-0.2, 0) is 35.5 Å². The first-order valence-corrected chi connectivity index (χ1v) is 14.7. The lowest BCUT2D eigenvalue weighted by molar-refractivity contribution is -0.131. The van der Waals surface area contributed by atoms with Crippen LogP contribution in [0.3, 0.4) is 0 Å². The normalized spacial score (nSPS) is 20.7. The van der Waals surface area contributed by atoms with Crippen molar-refractivity contribution in [1.29, 1.82) is 0 Å². The van der Waals surface area contributed by atoms with Crippen LogP contribution >= 0.6 is 0 Å². The van der Waals surface area contributed by atoms with Crippen molar-refractivity contribution in [2.24, 2.45) is 17.8 Å². The molecule has 3 aliphatic rings. The highest BCUT2D eigenvalue weighted by molar-refractivity contribution is 5.79. The first-order chi connectivity index (χ1) is 20.0. The van der Waals surface area contributed by atoms with E-state index in [0.717, 1.165) is 67.2 Å². The molecule has 218 valence electrons. The Bertz CT molecular complexity index is 1360. The summed E-state index contributed by atoms with van der Waals surface area (Å²) in [6.07, 6.45) is 8.92. The van der Waals surface area contributed by atoms with E-state index in [1.54, 1.807) is 31.1 Å². The van der Waals surface area contributed by atoms with Crippen molar-refractivity contribution in [3.63, 3.8) is 0 Å². The summed E-state index contributed by atoms with van der Waals surface area (Å²) in [5, 5.41) is 0. The molecule has 9 nitrogen and oxygen atoms in total. The molecule has 2 aliphatic heterocycles. The number of carbonyl (C=O) groups excluding carboxylic acids is 1. The van der Waals surface area contributed by atoms with E-state index in [9.17, 15) is 9.18 Å². The van der Waals surface area contributed by atoms with Gasteiger partial charge in [-0.15, -0.1) is 0 Å². The number of aryl methyl sites for hydroxylation is 1. The summed E-state index contributed by atoms with van der Waals surface area (Å²) in [5.41, 5.74) is 2.28. The van der Waals surface area contributed by atoms with Crippen LogP contribution in [0.5, 0.6) is 5.75 Å². The highest BCUT2D eigenvalue weighted by Crippen LogP contribution is 2.49. The third-order valence-corrected chi connectivity index (χ3v) is 8.72. The van der Waals surface area contributed by atoms with Crippen molar-refractivity contribution < 1.29 is 23.1 Å². The van der Waals surface area contributed by atoms with Gasteiger partial charge in [0, 0.05) is 64.1 Å². The summed E-state index contributed by atoms with van der Waals surface area (Å²) in [4.78, 5) is 30.2. The van der Waals surface area contributed by atoms with Gasteiger partial charge >= 0.3 is 0 Å². The van der Waals surface area contributed by atoms with E-state index in [0.29, 0.717) is 55.8 Å². The first-order valence-electron chi connectivity index (χ1n) is 14.7. The van der Waals surface area contributed by atoms with Crippen molar-refractivity contribution in [2.75, 3.05) is 38.3 Å². The number of hydrogen-bond acceptors (Lipinski definition) is 8. The number of halogens is 1. The van der Waals surface area contributed by atoms with Crippen molar-refractivity contribution in [1.82, 2.24) is 19.9 Å². The largest absolute Gasteiger partial charge is 0.493 e. The lowest BCUT2D eigenvalue weighted by Crippen LogP contribution is -2.36. The highest BCUT2D eigenvalue weighted by Gasteiger charge is 2.43. The summed E-state index contributed by atoms with van der Waals surface area (Å²) < 4.78 is 31.5. The first kappa shape index (κ1) is 27.6. The number of fused-ring (bicyclic) bond motifs is 1. The Labute approximate surface area is 240 Å². The molecule has 10 heteroatoms. The summed E-state index contributed by atoms with van der Waals surface area (Å²) >= 11 is 0. The van der Waals surface area contributed by atoms with Gasteiger partial charge in [0.05, 0.1) is 31.9 Å². The molecule has 0 radical (unpaired) electrons. The maximum absolute atomic E-state index is 14.8. The number of nitrogens with zero attached hydrogens (tertiary/aromatic N) is 5. The van der Waals surface area contributed by atoms with Crippen LogP contribution < -0.4 is 9.64 Å². The summed E-state index contributed by atoms with van der Waals surface area (Å²) in [5.74, 6) is 4.30. The third kappa shape index (κ3) is 6.53. The average Bonchev–Trinajstić information content (AvgIpc) is 3.65. The molecule has 0 bridgehead atoms. The molecule has 0 spiro atoms. The summed E-state index contributed by atoms with van der Waals surface area (Å²) in [7, 11) is 1.67. The Morgan fingerprint density at radius 3 is 2.73 bits per heavy atom. The molecule has 1 aliphatic carbocycles. The molecule has 1 aromatic carbocycles. The lowest BCUT2D eigenvalue weighted by atomic mass is 9.90. The lowest BCUT2D eigenvalue weighted by Gasteiger charge is -2.32. The second kappa shape index (κ2) is 12.1. The highest BCUT2D eigenvalue weighted by atomic mass is 19.1. The predicted octanol–water partition coefficient (Wildman–Crippen LogP) is 4.51. The van der Waals surface area contributed by atoms with E-state index in [1.165, 1.54) is 12.5 Å². The second-order valence-electron chi connectivity index (χ2n) is 11.5. The number of piperidine rings is 1. The second-order valence-corrected chi connectivity index (χ2v) is 11.5. The van der Waals surface area contributed by atoms with Crippen LogP contribution in [0, 0.1) is 30.5 Å². The van der Waals surface area contributed by atoms with Gasteiger partial charge in [-0.25, -0.2) is 19.3 Å². The number of hydrogen-bond donors (Lipinski definition) is 0. The topological polar surface area (TPSA) is 93.8 Å². The van der Waals surface area contributed by atoms with Crippen LogP contribution in [0.25, 0.3) is 0 Å². The zero-order chi connectivity index (χ0) is 28.3. The molecule has 1 saturated heterocycles. The van der Waals surface area contributed by atoms with E-state index in [1.807, 2.05) is 12.4 Å². The number of carbonyl (C=O) groups is 1. The van der Waals surface area contributed by atoms with E-state index >= 15 is 0 Å². The number of benzene rings is 1. The van der Waals surface area contributed by atoms with Crippen LogP contribution in [0.4, 0.5) is 10.3 Å². The van der Waals surface area contributed by atoms with E-state index < -0.39 is 5.82 Å². The zero-order valence-electron chi connectivity index (χ0n) is 23.9. The van der Waals surface area contributed by atoms with Gasteiger partial charge in [-0.05, 0) is 55.1 Å². The minimum atomic E-state index is -0.405. The van der Waals surface area contributed by atoms with Crippen LogP contribution in [-0.4, -0.2) is 59.1 Å². The van der Waals surface area contributed by atoms with E-state index in [2.05, 4.69) is 19.9 Å². The summed E-state index contributed by atoms with van der Waals surface area (Å²) in [6.45, 7) is 5.84. The third-order valence-electron chi connectivity index (χ3n) is 8.72. The Hall–Kier alpha value is -3.53. The minimum Gasteiger partial charge on any atom is -0.493 e. The molecule has 0 N–H and O–H groups in total. The van der Waals surface area contributed by atoms with Gasteiger partial charge < -0.3 is 23.7 Å².